The molecule has 8 atom stereocenters. The van der Waals surface area contributed by atoms with Gasteiger partial charge >= 0.3 is 5.97 Å². The van der Waals surface area contributed by atoms with Gasteiger partial charge in [-0.3, -0.25) is 4.79 Å². The Hall–Kier alpha value is -1.15. The average molecular weight is 465 g/mol. The van der Waals surface area contributed by atoms with Crippen molar-refractivity contribution in [2.24, 2.45) is 11.3 Å². The first-order chi connectivity index (χ1) is 15.1. The predicted octanol–water partition coefficient (Wildman–Crippen LogP) is -1.01. The number of rotatable bonds is 12. The second-order valence-electron chi connectivity index (χ2n) is 8.74. The molecular formula is C21H36O11. The molecule has 0 aromatic heterocycles. The van der Waals surface area contributed by atoms with Crippen molar-refractivity contribution in [3.05, 3.63) is 11.6 Å². The lowest BCUT2D eigenvalue weighted by molar-refractivity contribution is -0.306. The van der Waals surface area contributed by atoms with Crippen LogP contribution in [0.15, 0.2) is 11.6 Å². The number of allylic oxidation sites excluding steroid dienone is 1. The average Bonchev–Trinajstić information content (AvgIpc) is 3.14. The molecule has 2 fully saturated rings. The summed E-state index contributed by atoms with van der Waals surface area (Å²) in [7, 11) is 0. The summed E-state index contributed by atoms with van der Waals surface area (Å²) in [5.41, 5.74) is 0.190. The second-order valence-corrected chi connectivity index (χ2v) is 8.74. The first kappa shape index (κ1) is 27.1. The summed E-state index contributed by atoms with van der Waals surface area (Å²) in [5, 5.41) is 58.5. The quantitative estimate of drug-likeness (QED) is 0.195. The smallest absolute Gasteiger partial charge is 0.303 e. The van der Waals surface area contributed by atoms with Gasteiger partial charge in [0.25, 0.3) is 0 Å². The van der Waals surface area contributed by atoms with Crippen molar-refractivity contribution < 1.29 is 54.4 Å². The zero-order valence-electron chi connectivity index (χ0n) is 18.5. The van der Waals surface area contributed by atoms with E-state index in [2.05, 4.69) is 0 Å². The molecule has 2 heterocycles. The van der Waals surface area contributed by atoms with Crippen LogP contribution in [0.1, 0.15) is 33.1 Å². The molecule has 2 rings (SSSR count). The molecule has 0 radical (unpaired) electrons. The van der Waals surface area contributed by atoms with Gasteiger partial charge in [0.15, 0.2) is 12.6 Å². The summed E-state index contributed by atoms with van der Waals surface area (Å²) >= 11 is 0. The highest BCUT2D eigenvalue weighted by Gasteiger charge is 2.45. The second kappa shape index (κ2) is 12.4. The minimum absolute atomic E-state index is 0.0529. The topological polar surface area (TPSA) is 175 Å². The van der Waals surface area contributed by atoms with E-state index in [1.165, 1.54) is 0 Å². The van der Waals surface area contributed by atoms with E-state index < -0.39 is 54.3 Å². The fourth-order valence-electron chi connectivity index (χ4n) is 3.83. The number of aliphatic carboxylic acids is 1. The highest BCUT2D eigenvalue weighted by Crippen LogP contribution is 2.33. The van der Waals surface area contributed by atoms with Crippen molar-refractivity contribution in [1.82, 2.24) is 0 Å². The molecule has 0 bridgehead atoms. The molecule has 2 aliphatic rings. The minimum Gasteiger partial charge on any atom is -0.481 e. The van der Waals surface area contributed by atoms with Gasteiger partial charge in [-0.25, -0.2) is 0 Å². The Balaban J connectivity index is 1.95. The molecule has 2 saturated heterocycles. The number of hydrogen-bond acceptors (Lipinski definition) is 10. The zero-order valence-corrected chi connectivity index (χ0v) is 18.5. The Kier molecular flexibility index (Phi) is 10.5. The fourth-order valence-corrected chi connectivity index (χ4v) is 3.83. The number of aliphatic hydroxyl groups is 5. The van der Waals surface area contributed by atoms with Gasteiger partial charge in [0, 0.05) is 18.4 Å². The number of carbonyl (C=O) groups is 1. The van der Waals surface area contributed by atoms with Gasteiger partial charge in [-0.1, -0.05) is 13.0 Å². The van der Waals surface area contributed by atoms with Crippen molar-refractivity contribution in [2.45, 2.75) is 70.1 Å². The highest BCUT2D eigenvalue weighted by molar-refractivity contribution is 5.67. The molecule has 32 heavy (non-hydrogen) atoms. The predicted molar refractivity (Wildman–Crippen MR) is 109 cm³/mol. The molecule has 3 unspecified atom stereocenters. The van der Waals surface area contributed by atoms with Gasteiger partial charge in [-0.15, -0.1) is 0 Å². The molecule has 6 N–H and O–H groups in total. The van der Waals surface area contributed by atoms with E-state index in [9.17, 15) is 30.3 Å². The molecule has 0 aromatic rings. The molecule has 0 amide bonds. The standard InChI is InChI=1S/C21H36O11/c1-3-12(13(4-5-22)6-15(24)25)8-30-20-19(28)18(27)17(26)14(32-20)9-29-16-7-21(2,10-23)11-31-16/h3,13-14,16-20,22-23,26-28H,4-11H2,1-2H3,(H,24,25)/b12-3-/t13?,14-,16?,17-,18+,19-,20-,21?/m1/s1. The number of ether oxygens (including phenoxy) is 4. The lowest BCUT2D eigenvalue weighted by Gasteiger charge is -2.40. The first-order valence-electron chi connectivity index (χ1n) is 10.8. The van der Waals surface area contributed by atoms with Gasteiger partial charge in [-0.2, -0.15) is 0 Å². The Morgan fingerprint density at radius 2 is 1.91 bits per heavy atom. The van der Waals surface area contributed by atoms with Gasteiger partial charge in [0.2, 0.25) is 0 Å². The lowest BCUT2D eigenvalue weighted by Crippen LogP contribution is -2.59. The zero-order chi connectivity index (χ0) is 23.9. The molecular weight excluding hydrogens is 428 g/mol. The Bertz CT molecular complexity index is 627. The van der Waals surface area contributed by atoms with E-state index in [4.69, 9.17) is 24.1 Å². The summed E-state index contributed by atoms with van der Waals surface area (Å²) in [6.45, 7) is 3.42. The molecule has 11 nitrogen and oxygen atoms in total. The molecule has 11 heteroatoms. The van der Waals surface area contributed by atoms with E-state index in [-0.39, 0.29) is 39.3 Å². The van der Waals surface area contributed by atoms with Gasteiger partial charge < -0.3 is 49.6 Å². The van der Waals surface area contributed by atoms with E-state index in [0.717, 1.165) is 0 Å². The number of carboxylic acid groups (broad SMARTS) is 1. The Morgan fingerprint density at radius 1 is 1.19 bits per heavy atom. The highest BCUT2D eigenvalue weighted by atomic mass is 16.7. The normalized spacial score (nSPS) is 36.9. The third-order valence-electron chi connectivity index (χ3n) is 5.98. The maximum absolute atomic E-state index is 11.1. The molecule has 0 saturated carbocycles. The monoisotopic (exact) mass is 464 g/mol. The Morgan fingerprint density at radius 3 is 2.47 bits per heavy atom. The van der Waals surface area contributed by atoms with Crippen molar-refractivity contribution in [1.29, 1.82) is 0 Å². The third-order valence-corrected chi connectivity index (χ3v) is 5.98. The van der Waals surface area contributed by atoms with E-state index in [1.54, 1.807) is 13.0 Å². The fraction of sp³-hybridized carbons (Fsp3) is 0.857. The summed E-state index contributed by atoms with van der Waals surface area (Å²) in [5.74, 6) is -1.47. The van der Waals surface area contributed by atoms with E-state index in [0.29, 0.717) is 18.6 Å². The van der Waals surface area contributed by atoms with Crippen molar-refractivity contribution in [3.63, 3.8) is 0 Å². The largest absolute Gasteiger partial charge is 0.481 e. The van der Waals surface area contributed by atoms with Crippen molar-refractivity contribution in [3.8, 4) is 0 Å². The number of carboxylic acids is 1. The number of aliphatic hydroxyl groups excluding tert-OH is 5. The summed E-state index contributed by atoms with van der Waals surface area (Å²) in [6.07, 6.45) is -5.22. The van der Waals surface area contributed by atoms with Crippen LogP contribution in [0.25, 0.3) is 0 Å². The van der Waals surface area contributed by atoms with Crippen LogP contribution in [0.2, 0.25) is 0 Å². The molecule has 186 valence electrons. The Labute approximate surface area is 187 Å². The van der Waals surface area contributed by atoms with Crippen LogP contribution in [0, 0.1) is 11.3 Å². The molecule has 0 aliphatic carbocycles. The van der Waals surface area contributed by atoms with E-state index in [1.807, 2.05) is 6.92 Å². The van der Waals surface area contributed by atoms with Gasteiger partial charge in [0.1, 0.15) is 24.4 Å². The molecule has 0 spiro atoms. The van der Waals surface area contributed by atoms with E-state index >= 15 is 0 Å². The van der Waals surface area contributed by atoms with Gasteiger partial charge in [-0.05, 0) is 24.8 Å². The minimum atomic E-state index is -1.55. The molecule has 0 aromatic carbocycles. The van der Waals surface area contributed by atoms with Crippen LogP contribution in [0.4, 0.5) is 0 Å². The summed E-state index contributed by atoms with van der Waals surface area (Å²) in [6, 6.07) is 0. The van der Waals surface area contributed by atoms with Crippen LogP contribution in [-0.2, 0) is 23.7 Å². The number of hydrogen-bond donors (Lipinski definition) is 6. The lowest BCUT2D eigenvalue weighted by atomic mass is 9.91. The third kappa shape index (κ3) is 7.17. The first-order valence-corrected chi connectivity index (χ1v) is 10.8. The van der Waals surface area contributed by atoms with Crippen LogP contribution in [0.5, 0.6) is 0 Å². The maximum atomic E-state index is 11.1. The van der Waals surface area contributed by atoms with Crippen LogP contribution in [-0.4, -0.2) is 107 Å². The maximum Gasteiger partial charge on any atom is 0.303 e. The van der Waals surface area contributed by atoms with Crippen LogP contribution < -0.4 is 0 Å². The molecule has 2 aliphatic heterocycles. The van der Waals surface area contributed by atoms with Crippen molar-refractivity contribution in [2.75, 3.05) is 33.0 Å². The van der Waals surface area contributed by atoms with Crippen molar-refractivity contribution >= 4 is 5.97 Å². The van der Waals surface area contributed by atoms with Gasteiger partial charge in [0.05, 0.1) is 32.8 Å². The SMILES string of the molecule is C/C=C(/CO[C@@H]1O[C@H](COC2CC(C)(CO)CO2)[C@@H](O)[C@H](O)[C@H]1O)C(CCO)CC(=O)O. The van der Waals surface area contributed by atoms with Crippen LogP contribution in [0.3, 0.4) is 0 Å². The summed E-state index contributed by atoms with van der Waals surface area (Å²) in [4.78, 5) is 11.1. The van der Waals surface area contributed by atoms with Crippen LogP contribution >= 0.6 is 0 Å². The summed E-state index contributed by atoms with van der Waals surface area (Å²) < 4.78 is 22.4.